The van der Waals surface area contributed by atoms with E-state index in [4.69, 9.17) is 0 Å². The number of aromatic nitrogens is 3. The van der Waals surface area contributed by atoms with Gasteiger partial charge in [0.05, 0.1) is 6.20 Å². The van der Waals surface area contributed by atoms with Gasteiger partial charge in [-0.3, -0.25) is 0 Å². The zero-order chi connectivity index (χ0) is 14.5. The van der Waals surface area contributed by atoms with Gasteiger partial charge in [0.2, 0.25) is 5.95 Å². The second-order valence-electron chi connectivity index (χ2n) is 5.28. The van der Waals surface area contributed by atoms with E-state index in [2.05, 4.69) is 41.7 Å². The molecular weight excluding hydrogens is 330 g/mol. The number of hydrogen-bond acceptors (Lipinski definition) is 5. The minimum atomic E-state index is 0.508. The molecule has 0 unspecified atom stereocenters. The Labute approximate surface area is 132 Å². The molecule has 0 amide bonds. The molecule has 1 aliphatic rings. The summed E-state index contributed by atoms with van der Waals surface area (Å²) in [4.78, 5) is 4.48. The topological polar surface area (TPSA) is 62.7 Å². The van der Waals surface area contributed by atoms with Crippen LogP contribution in [0.1, 0.15) is 32.1 Å². The first-order valence-corrected chi connectivity index (χ1v) is 8.08. The molecule has 0 aliphatic heterocycles. The van der Waals surface area contributed by atoms with Crippen LogP contribution in [0.3, 0.4) is 0 Å². The average Bonchev–Trinajstić information content (AvgIpc) is 2.49. The summed E-state index contributed by atoms with van der Waals surface area (Å²) < 4.78 is 1.01. The molecule has 1 heterocycles. The average molecular weight is 348 g/mol. The van der Waals surface area contributed by atoms with E-state index >= 15 is 0 Å². The van der Waals surface area contributed by atoms with Crippen LogP contribution < -0.4 is 10.6 Å². The molecule has 0 radical (unpaired) electrons. The molecule has 1 saturated carbocycles. The molecule has 6 heteroatoms. The lowest BCUT2D eigenvalue weighted by Gasteiger charge is -2.23. The number of rotatable bonds is 4. The summed E-state index contributed by atoms with van der Waals surface area (Å²) in [6.45, 7) is 0. The van der Waals surface area contributed by atoms with E-state index in [1.165, 1.54) is 32.1 Å². The summed E-state index contributed by atoms with van der Waals surface area (Å²) >= 11 is 3.45. The highest BCUT2D eigenvalue weighted by Gasteiger charge is 2.14. The van der Waals surface area contributed by atoms with Gasteiger partial charge in [-0.25, -0.2) is 0 Å². The van der Waals surface area contributed by atoms with Crippen molar-refractivity contribution in [1.82, 2.24) is 15.2 Å². The van der Waals surface area contributed by atoms with Gasteiger partial charge in [0.25, 0.3) is 0 Å². The van der Waals surface area contributed by atoms with Gasteiger partial charge in [0.1, 0.15) is 0 Å². The fraction of sp³-hybridized carbons (Fsp3) is 0.400. The molecule has 0 bridgehead atoms. The molecule has 1 aliphatic carbocycles. The van der Waals surface area contributed by atoms with Crippen molar-refractivity contribution in [3.8, 4) is 0 Å². The maximum Gasteiger partial charge on any atom is 0.249 e. The number of nitrogens with one attached hydrogen (secondary N) is 2. The van der Waals surface area contributed by atoms with E-state index in [0.717, 1.165) is 16.0 Å². The van der Waals surface area contributed by atoms with Crippen LogP contribution >= 0.6 is 15.9 Å². The SMILES string of the molecule is Brc1cccc(Nc2nncc(NC3CCCCC3)n2)c1. The lowest BCUT2D eigenvalue weighted by atomic mass is 9.96. The quantitative estimate of drug-likeness (QED) is 0.870. The Bertz CT molecular complexity index is 598. The van der Waals surface area contributed by atoms with Crippen LogP contribution in [0, 0.1) is 0 Å². The van der Waals surface area contributed by atoms with Crippen LogP contribution in [-0.2, 0) is 0 Å². The van der Waals surface area contributed by atoms with Crippen molar-refractivity contribution in [2.45, 2.75) is 38.1 Å². The lowest BCUT2D eigenvalue weighted by Crippen LogP contribution is -2.23. The van der Waals surface area contributed by atoms with Crippen molar-refractivity contribution >= 4 is 33.4 Å². The van der Waals surface area contributed by atoms with Gasteiger partial charge in [-0.15, -0.1) is 5.10 Å². The third-order valence-electron chi connectivity index (χ3n) is 3.60. The molecule has 0 atom stereocenters. The fourth-order valence-electron chi connectivity index (χ4n) is 2.58. The van der Waals surface area contributed by atoms with E-state index in [0.29, 0.717) is 12.0 Å². The Hall–Kier alpha value is -1.69. The van der Waals surface area contributed by atoms with E-state index < -0.39 is 0 Å². The highest BCUT2D eigenvalue weighted by atomic mass is 79.9. The molecule has 5 nitrogen and oxygen atoms in total. The van der Waals surface area contributed by atoms with Gasteiger partial charge < -0.3 is 10.6 Å². The predicted octanol–water partition coefficient (Wildman–Crippen LogP) is 4.12. The molecule has 0 spiro atoms. The second-order valence-corrected chi connectivity index (χ2v) is 6.20. The maximum absolute atomic E-state index is 4.48. The van der Waals surface area contributed by atoms with Crippen molar-refractivity contribution < 1.29 is 0 Å². The third kappa shape index (κ3) is 4.14. The predicted molar refractivity (Wildman–Crippen MR) is 87.7 cm³/mol. The highest BCUT2D eigenvalue weighted by molar-refractivity contribution is 9.10. The molecule has 21 heavy (non-hydrogen) atoms. The first-order valence-electron chi connectivity index (χ1n) is 7.28. The van der Waals surface area contributed by atoms with Gasteiger partial charge in [-0.1, -0.05) is 41.3 Å². The van der Waals surface area contributed by atoms with Gasteiger partial charge in [-0.05, 0) is 31.0 Å². The fourth-order valence-corrected chi connectivity index (χ4v) is 2.98. The van der Waals surface area contributed by atoms with Crippen LogP contribution in [0.4, 0.5) is 17.5 Å². The highest BCUT2D eigenvalue weighted by Crippen LogP contribution is 2.22. The number of nitrogens with zero attached hydrogens (tertiary/aromatic N) is 3. The summed E-state index contributed by atoms with van der Waals surface area (Å²) in [5.41, 5.74) is 0.931. The van der Waals surface area contributed by atoms with E-state index in [9.17, 15) is 0 Å². The maximum atomic E-state index is 4.48. The molecule has 3 rings (SSSR count). The summed E-state index contributed by atoms with van der Waals surface area (Å²) in [5.74, 6) is 1.29. The van der Waals surface area contributed by atoms with Crippen molar-refractivity contribution in [2.75, 3.05) is 10.6 Å². The Morgan fingerprint density at radius 1 is 1.14 bits per heavy atom. The first-order chi connectivity index (χ1) is 10.3. The molecule has 1 aromatic carbocycles. The largest absolute Gasteiger partial charge is 0.366 e. The van der Waals surface area contributed by atoms with E-state index in [1.807, 2.05) is 24.3 Å². The monoisotopic (exact) mass is 347 g/mol. The molecule has 1 fully saturated rings. The van der Waals surface area contributed by atoms with Crippen LogP contribution in [0.5, 0.6) is 0 Å². The molecule has 1 aromatic heterocycles. The Morgan fingerprint density at radius 3 is 2.81 bits per heavy atom. The van der Waals surface area contributed by atoms with Gasteiger partial charge >= 0.3 is 0 Å². The van der Waals surface area contributed by atoms with Gasteiger partial charge in [0.15, 0.2) is 5.82 Å². The zero-order valence-corrected chi connectivity index (χ0v) is 13.3. The Kier molecular flexibility index (Phi) is 4.65. The number of hydrogen-bond donors (Lipinski definition) is 2. The van der Waals surface area contributed by atoms with Crippen LogP contribution in [0.15, 0.2) is 34.9 Å². The standard InChI is InChI=1S/C15H18BrN5/c16-11-5-4-8-13(9-11)19-15-20-14(10-17-21-15)18-12-6-2-1-3-7-12/h4-5,8-10,12H,1-3,6-7H2,(H2,18,19,20,21). The smallest absolute Gasteiger partial charge is 0.249 e. The molecule has 110 valence electrons. The van der Waals surface area contributed by atoms with Crippen LogP contribution in [-0.4, -0.2) is 21.2 Å². The van der Waals surface area contributed by atoms with Crippen LogP contribution in [0.25, 0.3) is 0 Å². The molecule has 0 saturated heterocycles. The number of benzene rings is 1. The molecular formula is C15H18BrN5. The van der Waals surface area contributed by atoms with Gasteiger partial charge in [0, 0.05) is 16.2 Å². The van der Waals surface area contributed by atoms with Gasteiger partial charge in [-0.2, -0.15) is 10.1 Å². The summed E-state index contributed by atoms with van der Waals surface area (Å²) in [5, 5.41) is 14.7. The zero-order valence-electron chi connectivity index (χ0n) is 11.7. The molecule has 2 N–H and O–H groups in total. The van der Waals surface area contributed by atoms with Crippen LogP contribution in [0.2, 0.25) is 0 Å². The second kappa shape index (κ2) is 6.85. The number of halogens is 1. The summed E-state index contributed by atoms with van der Waals surface area (Å²) in [6, 6.07) is 8.39. The number of anilines is 3. The third-order valence-corrected chi connectivity index (χ3v) is 4.09. The minimum Gasteiger partial charge on any atom is -0.366 e. The van der Waals surface area contributed by atoms with Crippen molar-refractivity contribution in [2.24, 2.45) is 0 Å². The lowest BCUT2D eigenvalue weighted by molar-refractivity contribution is 0.461. The van der Waals surface area contributed by atoms with E-state index in [-0.39, 0.29) is 0 Å². The Balaban J connectivity index is 1.67. The normalized spacial score (nSPS) is 15.7. The minimum absolute atomic E-state index is 0.508. The summed E-state index contributed by atoms with van der Waals surface area (Å²) in [6.07, 6.45) is 8.02. The molecule has 2 aromatic rings. The Morgan fingerprint density at radius 2 is 2.00 bits per heavy atom. The first kappa shape index (κ1) is 14.3. The van der Waals surface area contributed by atoms with E-state index in [1.54, 1.807) is 6.20 Å². The summed E-state index contributed by atoms with van der Waals surface area (Å²) in [7, 11) is 0. The van der Waals surface area contributed by atoms with Crippen molar-refractivity contribution in [1.29, 1.82) is 0 Å². The van der Waals surface area contributed by atoms with Crippen molar-refractivity contribution in [3.63, 3.8) is 0 Å². The van der Waals surface area contributed by atoms with Crippen molar-refractivity contribution in [3.05, 3.63) is 34.9 Å².